The zero-order valence-corrected chi connectivity index (χ0v) is 22.3. The van der Waals surface area contributed by atoms with Gasteiger partial charge in [-0.1, -0.05) is 75.1 Å². The number of halogens is 1. The summed E-state index contributed by atoms with van der Waals surface area (Å²) in [6.07, 6.45) is 17.9. The zero-order chi connectivity index (χ0) is 26.8. The zero-order valence-electron chi connectivity index (χ0n) is 22.3. The molecular formula is C34H33FN4. The van der Waals surface area contributed by atoms with Gasteiger partial charge in [-0.25, -0.2) is 4.39 Å². The summed E-state index contributed by atoms with van der Waals surface area (Å²) in [5, 5.41) is 9.95. The molecule has 3 aromatic heterocycles. The molecule has 0 radical (unpaired) electrons. The van der Waals surface area contributed by atoms with Crippen LogP contribution in [0, 0.1) is 11.7 Å². The Morgan fingerprint density at radius 1 is 1.00 bits per heavy atom. The Kier molecular flexibility index (Phi) is 6.97. The second kappa shape index (κ2) is 10.9. The lowest BCUT2D eigenvalue weighted by Crippen LogP contribution is -2.06. The first-order valence-electron chi connectivity index (χ1n) is 13.8. The van der Waals surface area contributed by atoms with Gasteiger partial charge in [0.15, 0.2) is 0 Å². The van der Waals surface area contributed by atoms with Crippen LogP contribution in [0.15, 0.2) is 91.3 Å². The number of aromatic nitrogens is 4. The molecule has 1 aliphatic rings. The Morgan fingerprint density at radius 3 is 2.59 bits per heavy atom. The fourth-order valence-electron chi connectivity index (χ4n) is 5.90. The van der Waals surface area contributed by atoms with E-state index in [2.05, 4.69) is 70.1 Å². The molecule has 6 rings (SSSR count). The molecule has 2 N–H and O–H groups in total. The minimum atomic E-state index is -0.253. The number of nitrogens with zero attached hydrogens (tertiary/aromatic N) is 2. The molecule has 1 fully saturated rings. The van der Waals surface area contributed by atoms with Gasteiger partial charge in [0.1, 0.15) is 11.5 Å². The maximum absolute atomic E-state index is 13.5. The van der Waals surface area contributed by atoms with Crippen molar-refractivity contribution in [1.29, 1.82) is 0 Å². The second-order valence-corrected chi connectivity index (χ2v) is 10.5. The summed E-state index contributed by atoms with van der Waals surface area (Å²) in [7, 11) is 0. The summed E-state index contributed by atoms with van der Waals surface area (Å²) in [5.41, 5.74) is 9.18. The van der Waals surface area contributed by atoms with E-state index in [1.807, 2.05) is 18.5 Å². The quantitative estimate of drug-likeness (QED) is 0.212. The van der Waals surface area contributed by atoms with Crippen LogP contribution in [-0.4, -0.2) is 20.2 Å². The van der Waals surface area contributed by atoms with Crippen LogP contribution in [-0.2, 0) is 0 Å². The maximum Gasteiger partial charge on any atom is 0.123 e. The van der Waals surface area contributed by atoms with Crippen molar-refractivity contribution in [3.05, 3.63) is 103 Å². The lowest BCUT2D eigenvalue weighted by atomic mass is 9.84. The van der Waals surface area contributed by atoms with Gasteiger partial charge in [-0.2, -0.15) is 5.10 Å². The summed E-state index contributed by atoms with van der Waals surface area (Å²) in [5.74, 6) is 0.511. The molecule has 0 saturated heterocycles. The predicted octanol–water partition coefficient (Wildman–Crippen LogP) is 9.40. The van der Waals surface area contributed by atoms with Gasteiger partial charge in [-0.05, 0) is 71.9 Å². The van der Waals surface area contributed by atoms with Crippen molar-refractivity contribution in [2.45, 2.75) is 45.4 Å². The third kappa shape index (κ3) is 5.09. The molecule has 0 unspecified atom stereocenters. The molecule has 0 aliphatic heterocycles. The Labute approximate surface area is 228 Å². The summed E-state index contributed by atoms with van der Waals surface area (Å²) in [6.45, 7) is 6.21. The molecule has 5 aromatic rings. The fraction of sp³-hybridized carbons (Fsp3) is 0.235. The number of benzene rings is 2. The number of rotatable bonds is 7. The molecule has 0 amide bonds. The number of H-pyrrole nitrogens is 2. The number of nitrogens with one attached hydrogen (secondary N) is 2. The van der Waals surface area contributed by atoms with Crippen molar-refractivity contribution in [1.82, 2.24) is 20.2 Å². The van der Waals surface area contributed by atoms with Crippen LogP contribution in [0.25, 0.3) is 49.9 Å². The first kappa shape index (κ1) is 25.1. The summed E-state index contributed by atoms with van der Waals surface area (Å²) in [4.78, 5) is 7.92. The minimum Gasteiger partial charge on any atom is -0.352 e. The van der Waals surface area contributed by atoms with Crippen LogP contribution < -0.4 is 0 Å². The fourth-order valence-corrected chi connectivity index (χ4v) is 5.90. The van der Waals surface area contributed by atoms with Gasteiger partial charge in [0.25, 0.3) is 0 Å². The van der Waals surface area contributed by atoms with Crippen LogP contribution in [0.2, 0.25) is 0 Å². The minimum absolute atomic E-state index is 0.253. The Hall–Kier alpha value is -4.25. The van der Waals surface area contributed by atoms with Crippen molar-refractivity contribution in [2.24, 2.45) is 5.92 Å². The van der Waals surface area contributed by atoms with Gasteiger partial charge in [0.05, 0.1) is 22.9 Å². The van der Waals surface area contributed by atoms with Crippen LogP contribution >= 0.6 is 0 Å². The first-order valence-corrected chi connectivity index (χ1v) is 13.8. The van der Waals surface area contributed by atoms with E-state index in [9.17, 15) is 4.39 Å². The van der Waals surface area contributed by atoms with Crippen molar-refractivity contribution < 1.29 is 4.39 Å². The summed E-state index contributed by atoms with van der Waals surface area (Å²) in [6, 6.07) is 15.1. The molecule has 4 nitrogen and oxygen atoms in total. The smallest absolute Gasteiger partial charge is 0.123 e. The van der Waals surface area contributed by atoms with Gasteiger partial charge in [-0.3, -0.25) is 10.1 Å². The Balaban J connectivity index is 1.36. The van der Waals surface area contributed by atoms with Gasteiger partial charge in [0.2, 0.25) is 0 Å². The molecule has 39 heavy (non-hydrogen) atoms. The third-order valence-corrected chi connectivity index (χ3v) is 8.02. The summed E-state index contributed by atoms with van der Waals surface area (Å²) >= 11 is 0. The first-order chi connectivity index (χ1) is 19.1. The van der Waals surface area contributed by atoms with Crippen LogP contribution in [0.1, 0.15) is 51.0 Å². The highest BCUT2D eigenvalue weighted by molar-refractivity contribution is 6.01. The molecule has 3 heterocycles. The van der Waals surface area contributed by atoms with Crippen molar-refractivity contribution in [2.75, 3.05) is 0 Å². The van der Waals surface area contributed by atoms with Gasteiger partial charge in [0, 0.05) is 22.5 Å². The number of aromatic amines is 2. The average Bonchev–Trinajstić information content (AvgIpc) is 3.60. The number of hydrogen-bond donors (Lipinski definition) is 2. The normalized spacial score (nSPS) is 15.3. The number of hydrogen-bond acceptors (Lipinski definition) is 2. The Bertz CT molecular complexity index is 1690. The van der Waals surface area contributed by atoms with Gasteiger partial charge >= 0.3 is 0 Å². The highest BCUT2D eigenvalue weighted by Gasteiger charge is 2.16. The largest absolute Gasteiger partial charge is 0.352 e. The van der Waals surface area contributed by atoms with E-state index in [4.69, 9.17) is 0 Å². The monoisotopic (exact) mass is 516 g/mol. The average molecular weight is 517 g/mol. The molecule has 196 valence electrons. The van der Waals surface area contributed by atoms with Gasteiger partial charge in [-0.15, -0.1) is 0 Å². The number of pyridine rings is 1. The molecule has 2 aromatic carbocycles. The van der Waals surface area contributed by atoms with E-state index in [1.165, 1.54) is 55.4 Å². The molecule has 0 bridgehead atoms. The van der Waals surface area contributed by atoms with E-state index in [-0.39, 0.29) is 5.82 Å². The Morgan fingerprint density at radius 2 is 1.82 bits per heavy atom. The second-order valence-electron chi connectivity index (χ2n) is 10.5. The van der Waals surface area contributed by atoms with Crippen molar-refractivity contribution in [3.8, 4) is 22.5 Å². The van der Waals surface area contributed by atoms with E-state index in [0.29, 0.717) is 0 Å². The topological polar surface area (TPSA) is 57.4 Å². The lowest BCUT2D eigenvalue weighted by molar-refractivity contribution is 0.358. The number of fused-ring (bicyclic) bond motifs is 2. The molecule has 1 aliphatic carbocycles. The van der Waals surface area contributed by atoms with Crippen molar-refractivity contribution >= 4 is 27.4 Å². The van der Waals surface area contributed by atoms with Crippen LogP contribution in [0.3, 0.4) is 0 Å². The van der Waals surface area contributed by atoms with Crippen LogP contribution in [0.4, 0.5) is 4.39 Å². The predicted molar refractivity (Wildman–Crippen MR) is 160 cm³/mol. The van der Waals surface area contributed by atoms with Crippen molar-refractivity contribution in [3.63, 3.8) is 0 Å². The molecular weight excluding hydrogens is 483 g/mol. The molecule has 1 saturated carbocycles. The van der Waals surface area contributed by atoms with E-state index >= 15 is 0 Å². The maximum atomic E-state index is 13.5. The van der Waals surface area contributed by atoms with E-state index in [1.54, 1.807) is 12.1 Å². The van der Waals surface area contributed by atoms with Gasteiger partial charge < -0.3 is 4.98 Å². The summed E-state index contributed by atoms with van der Waals surface area (Å²) < 4.78 is 13.5. The number of allylic oxidation sites excluding steroid dienone is 5. The molecule has 5 heteroatoms. The van der Waals surface area contributed by atoms with Crippen LogP contribution in [0.5, 0.6) is 0 Å². The van der Waals surface area contributed by atoms with E-state index < -0.39 is 0 Å². The lowest BCUT2D eigenvalue weighted by Gasteiger charge is -2.22. The molecule has 0 atom stereocenters. The standard InChI is InChI=1S/C34H33FN4/c1-3-22(16-23-8-6-5-7-9-23)17-24(4-2)26-12-15-31-29(18-26)34(39-38-31)32-19-28-30(20-36-21-33(28)37-32)25-10-13-27(35)14-11-25/h3-4,10-15,17-21,23,37H,1,5-9,16H2,2H3,(H,38,39)/b22-17+,24-4+. The highest BCUT2D eigenvalue weighted by Crippen LogP contribution is 2.35. The third-order valence-electron chi connectivity index (χ3n) is 8.02. The SMILES string of the molecule is C=C/C(=C\C(=C/C)c1ccc2[nH]nc(-c3cc4c(-c5ccc(F)cc5)cncc4[nH]3)c2c1)CC1CCCCC1. The highest BCUT2D eigenvalue weighted by atomic mass is 19.1. The van der Waals surface area contributed by atoms with E-state index in [0.717, 1.165) is 62.2 Å². The molecule has 0 spiro atoms.